The van der Waals surface area contributed by atoms with Crippen molar-refractivity contribution < 1.29 is 14.7 Å². The summed E-state index contributed by atoms with van der Waals surface area (Å²) in [5, 5.41) is 11.9. The van der Waals surface area contributed by atoms with Crippen molar-refractivity contribution in [3.05, 3.63) is 28.8 Å². The van der Waals surface area contributed by atoms with Gasteiger partial charge < -0.3 is 10.4 Å². The van der Waals surface area contributed by atoms with Crippen LogP contribution in [0.1, 0.15) is 5.56 Å². The number of carbonyl (C=O) groups excluding carboxylic acids is 1. The zero-order valence-corrected chi connectivity index (χ0v) is 8.41. The second kappa shape index (κ2) is 3.55. The van der Waals surface area contributed by atoms with Crippen LogP contribution in [0, 0.1) is 5.92 Å². The Kier molecular flexibility index (Phi) is 2.36. The lowest BCUT2D eigenvalue weighted by Gasteiger charge is -2.21. The highest BCUT2D eigenvalue weighted by atomic mass is 35.5. The number of carbonyl (C=O) groups is 2. The zero-order chi connectivity index (χ0) is 11.0. The number of amides is 1. The predicted molar refractivity (Wildman–Crippen MR) is 54.9 cm³/mol. The van der Waals surface area contributed by atoms with Crippen molar-refractivity contribution in [2.45, 2.75) is 6.42 Å². The van der Waals surface area contributed by atoms with E-state index in [4.69, 9.17) is 16.7 Å². The van der Waals surface area contributed by atoms with Crippen LogP contribution < -0.4 is 5.32 Å². The molecule has 1 amide bonds. The van der Waals surface area contributed by atoms with Gasteiger partial charge in [-0.3, -0.25) is 9.59 Å². The summed E-state index contributed by atoms with van der Waals surface area (Å²) in [6.07, 6.45) is 0.192. The van der Waals surface area contributed by atoms with Crippen LogP contribution in [0.3, 0.4) is 0 Å². The summed E-state index contributed by atoms with van der Waals surface area (Å²) in [6, 6.07) is 5.00. The lowest BCUT2D eigenvalue weighted by Crippen LogP contribution is -2.35. The number of carboxylic acid groups (broad SMARTS) is 1. The molecule has 5 heteroatoms. The number of aliphatic carboxylic acids is 1. The van der Waals surface area contributed by atoms with Crippen LogP contribution in [0.4, 0.5) is 5.69 Å². The highest BCUT2D eigenvalue weighted by molar-refractivity contribution is 6.30. The molecule has 1 aromatic carbocycles. The van der Waals surface area contributed by atoms with Gasteiger partial charge in [0.15, 0.2) is 0 Å². The second-order valence-corrected chi connectivity index (χ2v) is 3.82. The predicted octanol–water partition coefficient (Wildman–Crippen LogP) is 1.54. The van der Waals surface area contributed by atoms with Gasteiger partial charge in [0.25, 0.3) is 0 Å². The van der Waals surface area contributed by atoms with Crippen LogP contribution in [0.25, 0.3) is 0 Å². The Labute approximate surface area is 90.9 Å². The van der Waals surface area contributed by atoms with Crippen molar-refractivity contribution in [3.8, 4) is 0 Å². The molecule has 0 aromatic heterocycles. The summed E-state index contributed by atoms with van der Waals surface area (Å²) in [5.74, 6) is -2.61. The first-order chi connectivity index (χ1) is 7.08. The van der Waals surface area contributed by atoms with Crippen molar-refractivity contribution >= 4 is 29.2 Å². The van der Waals surface area contributed by atoms with E-state index < -0.39 is 17.8 Å². The van der Waals surface area contributed by atoms with E-state index in [-0.39, 0.29) is 6.42 Å². The van der Waals surface area contributed by atoms with Crippen molar-refractivity contribution in [1.29, 1.82) is 0 Å². The number of hydrogen-bond acceptors (Lipinski definition) is 2. The van der Waals surface area contributed by atoms with E-state index >= 15 is 0 Å². The van der Waals surface area contributed by atoms with Crippen LogP contribution in [0.15, 0.2) is 18.2 Å². The Hall–Kier alpha value is -1.55. The molecule has 78 valence electrons. The normalized spacial score (nSPS) is 19.3. The summed E-state index contributed by atoms with van der Waals surface area (Å²) in [6.45, 7) is 0. The van der Waals surface area contributed by atoms with E-state index in [2.05, 4.69) is 5.32 Å². The third kappa shape index (κ3) is 1.80. The van der Waals surface area contributed by atoms with Gasteiger partial charge in [0.05, 0.1) is 0 Å². The number of nitrogens with one attached hydrogen (secondary N) is 1. The average molecular weight is 226 g/mol. The van der Waals surface area contributed by atoms with Crippen LogP contribution in [0.2, 0.25) is 5.02 Å². The molecular weight excluding hydrogens is 218 g/mol. The third-order valence-electron chi connectivity index (χ3n) is 2.36. The standard InChI is InChI=1S/C10H8ClNO3/c11-6-1-2-8-5(3-6)4-7(10(14)15)9(13)12-8/h1-3,7H,4H2,(H,12,13)(H,14,15). The Balaban J connectivity index is 2.39. The van der Waals surface area contributed by atoms with Gasteiger partial charge in [-0.05, 0) is 30.2 Å². The molecule has 0 bridgehead atoms. The first-order valence-corrected chi connectivity index (χ1v) is 4.78. The fraction of sp³-hybridized carbons (Fsp3) is 0.200. The van der Waals surface area contributed by atoms with Gasteiger partial charge in [0.2, 0.25) is 5.91 Å². The number of carboxylic acids is 1. The third-order valence-corrected chi connectivity index (χ3v) is 2.60. The molecule has 0 fully saturated rings. The van der Waals surface area contributed by atoms with Gasteiger partial charge in [0.1, 0.15) is 5.92 Å². The Bertz CT molecular complexity index is 444. The van der Waals surface area contributed by atoms with E-state index in [9.17, 15) is 9.59 Å². The van der Waals surface area contributed by atoms with Crippen molar-refractivity contribution in [3.63, 3.8) is 0 Å². The summed E-state index contributed by atoms with van der Waals surface area (Å²) >= 11 is 5.78. The minimum Gasteiger partial charge on any atom is -0.481 e. The quantitative estimate of drug-likeness (QED) is 0.713. The molecule has 1 heterocycles. The molecule has 0 aliphatic carbocycles. The molecule has 1 atom stereocenters. The molecule has 0 saturated carbocycles. The highest BCUT2D eigenvalue weighted by Gasteiger charge is 2.31. The van der Waals surface area contributed by atoms with Gasteiger partial charge in [-0.25, -0.2) is 0 Å². The molecule has 1 aliphatic heterocycles. The maximum absolute atomic E-state index is 11.4. The molecular formula is C10H8ClNO3. The molecule has 2 rings (SSSR count). The van der Waals surface area contributed by atoms with Crippen LogP contribution in [0.5, 0.6) is 0 Å². The summed E-state index contributed by atoms with van der Waals surface area (Å²) in [5.41, 5.74) is 1.40. The minimum atomic E-state index is -1.11. The number of halogens is 1. The molecule has 1 aromatic rings. The lowest BCUT2D eigenvalue weighted by molar-refractivity contribution is -0.145. The zero-order valence-electron chi connectivity index (χ0n) is 7.66. The molecule has 2 N–H and O–H groups in total. The number of rotatable bonds is 1. The topological polar surface area (TPSA) is 66.4 Å². The number of anilines is 1. The molecule has 0 spiro atoms. The van der Waals surface area contributed by atoms with Gasteiger partial charge in [0, 0.05) is 10.7 Å². The fourth-order valence-electron chi connectivity index (χ4n) is 1.59. The first kappa shape index (κ1) is 9.98. The minimum absolute atomic E-state index is 0.192. The van der Waals surface area contributed by atoms with E-state index in [1.807, 2.05) is 0 Å². The monoisotopic (exact) mass is 225 g/mol. The Morgan fingerprint density at radius 3 is 2.93 bits per heavy atom. The van der Waals surface area contributed by atoms with E-state index in [0.717, 1.165) is 5.56 Å². The van der Waals surface area contributed by atoms with Gasteiger partial charge in [-0.2, -0.15) is 0 Å². The molecule has 15 heavy (non-hydrogen) atoms. The number of fused-ring (bicyclic) bond motifs is 1. The molecule has 1 aliphatic rings. The van der Waals surface area contributed by atoms with Crippen LogP contribution >= 0.6 is 11.6 Å². The van der Waals surface area contributed by atoms with E-state index in [1.165, 1.54) is 0 Å². The smallest absolute Gasteiger partial charge is 0.316 e. The number of hydrogen-bond donors (Lipinski definition) is 2. The molecule has 0 saturated heterocycles. The molecule has 0 radical (unpaired) electrons. The average Bonchev–Trinajstić information content (AvgIpc) is 2.17. The Morgan fingerprint density at radius 1 is 1.53 bits per heavy atom. The van der Waals surface area contributed by atoms with Gasteiger partial charge in [-0.15, -0.1) is 0 Å². The largest absolute Gasteiger partial charge is 0.481 e. The van der Waals surface area contributed by atoms with Crippen molar-refractivity contribution in [2.24, 2.45) is 5.92 Å². The van der Waals surface area contributed by atoms with Crippen molar-refractivity contribution in [1.82, 2.24) is 0 Å². The van der Waals surface area contributed by atoms with E-state index in [0.29, 0.717) is 10.7 Å². The highest BCUT2D eigenvalue weighted by Crippen LogP contribution is 2.28. The molecule has 4 nitrogen and oxygen atoms in total. The van der Waals surface area contributed by atoms with Crippen LogP contribution in [-0.4, -0.2) is 17.0 Å². The fourth-order valence-corrected chi connectivity index (χ4v) is 1.78. The van der Waals surface area contributed by atoms with Crippen molar-refractivity contribution in [2.75, 3.05) is 5.32 Å². The Morgan fingerprint density at radius 2 is 2.27 bits per heavy atom. The number of benzene rings is 1. The summed E-state index contributed by atoms with van der Waals surface area (Å²) in [7, 11) is 0. The maximum atomic E-state index is 11.4. The van der Waals surface area contributed by atoms with E-state index in [1.54, 1.807) is 18.2 Å². The molecule has 1 unspecified atom stereocenters. The second-order valence-electron chi connectivity index (χ2n) is 3.39. The van der Waals surface area contributed by atoms with Crippen LogP contribution in [-0.2, 0) is 16.0 Å². The van der Waals surface area contributed by atoms with Gasteiger partial charge >= 0.3 is 5.97 Å². The SMILES string of the molecule is O=C(O)C1Cc2cc(Cl)ccc2NC1=O. The maximum Gasteiger partial charge on any atom is 0.316 e. The van der Waals surface area contributed by atoms with Gasteiger partial charge in [-0.1, -0.05) is 11.6 Å². The first-order valence-electron chi connectivity index (χ1n) is 4.40. The summed E-state index contributed by atoms with van der Waals surface area (Å²) in [4.78, 5) is 22.1. The summed E-state index contributed by atoms with van der Waals surface area (Å²) < 4.78 is 0. The lowest BCUT2D eigenvalue weighted by atomic mass is 9.93.